The maximum absolute atomic E-state index is 11.2. The number of nitrogens with zero attached hydrogens (tertiary/aromatic N) is 1. The van der Waals surface area contributed by atoms with Crippen LogP contribution < -0.4 is 4.74 Å². The summed E-state index contributed by atoms with van der Waals surface area (Å²) in [5.41, 5.74) is 2.55. The van der Waals surface area contributed by atoms with Crippen molar-refractivity contribution >= 4 is 5.97 Å². The van der Waals surface area contributed by atoms with E-state index < -0.39 is 5.97 Å². The Labute approximate surface area is 133 Å². The number of hydrogen-bond acceptors (Lipinski definition) is 3. The van der Waals surface area contributed by atoms with Crippen molar-refractivity contribution < 1.29 is 14.6 Å². The molecule has 0 saturated carbocycles. The average molecular weight is 308 g/mol. The van der Waals surface area contributed by atoms with E-state index in [1.54, 1.807) is 0 Å². The number of nitrogens with one attached hydrogen (secondary N) is 1. The second kappa shape index (κ2) is 6.36. The molecule has 5 nitrogen and oxygen atoms in total. The summed E-state index contributed by atoms with van der Waals surface area (Å²) < 4.78 is 5.74. The lowest BCUT2D eigenvalue weighted by Crippen LogP contribution is -2.02. The Bertz CT molecular complexity index is 808. The minimum atomic E-state index is -1.02. The highest BCUT2D eigenvalue weighted by Gasteiger charge is 2.16. The number of benzene rings is 2. The van der Waals surface area contributed by atoms with Crippen LogP contribution >= 0.6 is 0 Å². The Kier molecular flexibility index (Phi) is 4.10. The van der Waals surface area contributed by atoms with Crippen molar-refractivity contribution in [2.45, 2.75) is 13.3 Å². The highest BCUT2D eigenvalue weighted by atomic mass is 16.5. The quantitative estimate of drug-likeness (QED) is 0.751. The molecule has 0 aliphatic heterocycles. The molecule has 0 spiro atoms. The van der Waals surface area contributed by atoms with Gasteiger partial charge in [0.1, 0.15) is 11.5 Å². The van der Waals surface area contributed by atoms with E-state index in [4.69, 9.17) is 9.84 Å². The molecule has 0 amide bonds. The van der Waals surface area contributed by atoms with Crippen molar-refractivity contribution in [2.24, 2.45) is 0 Å². The molecule has 2 N–H and O–H groups in total. The number of ether oxygens (including phenoxy) is 1. The standard InChI is InChI=1S/C18H16N2O3/c1-12-16(17(18(21)22)20-19-12)11-13-7-9-15(10-8-13)23-14-5-3-2-4-6-14/h2-10H,11H2,1H3,(H,19,20)(H,21,22). The minimum absolute atomic E-state index is 0.0760. The van der Waals surface area contributed by atoms with E-state index in [2.05, 4.69) is 10.2 Å². The Morgan fingerprint density at radius 3 is 2.39 bits per heavy atom. The number of aromatic amines is 1. The van der Waals surface area contributed by atoms with Gasteiger partial charge in [-0.05, 0) is 36.8 Å². The number of hydrogen-bond donors (Lipinski definition) is 2. The summed E-state index contributed by atoms with van der Waals surface area (Å²) in [7, 11) is 0. The molecule has 1 heterocycles. The van der Waals surface area contributed by atoms with Crippen molar-refractivity contribution in [1.29, 1.82) is 0 Å². The van der Waals surface area contributed by atoms with Crippen LogP contribution in [0.2, 0.25) is 0 Å². The Morgan fingerprint density at radius 2 is 1.74 bits per heavy atom. The van der Waals surface area contributed by atoms with Crippen LogP contribution in [0.5, 0.6) is 11.5 Å². The van der Waals surface area contributed by atoms with Crippen molar-refractivity contribution in [2.75, 3.05) is 0 Å². The number of rotatable bonds is 5. The molecule has 2 aromatic carbocycles. The van der Waals surface area contributed by atoms with Gasteiger partial charge in [0, 0.05) is 17.7 Å². The molecular weight excluding hydrogens is 292 g/mol. The van der Waals surface area contributed by atoms with Gasteiger partial charge >= 0.3 is 5.97 Å². The SMILES string of the molecule is Cc1[nH]nc(C(=O)O)c1Cc1ccc(Oc2ccccc2)cc1. The molecule has 1 aromatic heterocycles. The third-order valence-corrected chi connectivity index (χ3v) is 3.56. The van der Waals surface area contributed by atoms with Gasteiger partial charge in [-0.1, -0.05) is 30.3 Å². The highest BCUT2D eigenvalue weighted by molar-refractivity contribution is 5.87. The van der Waals surface area contributed by atoms with Crippen LogP contribution in [0, 0.1) is 6.92 Å². The first-order valence-electron chi connectivity index (χ1n) is 7.22. The predicted molar refractivity (Wildman–Crippen MR) is 86.0 cm³/mol. The topological polar surface area (TPSA) is 75.2 Å². The molecule has 0 aliphatic rings. The van der Waals surface area contributed by atoms with Gasteiger partial charge in [0.05, 0.1) is 0 Å². The Morgan fingerprint density at radius 1 is 1.09 bits per heavy atom. The predicted octanol–water partition coefficient (Wildman–Crippen LogP) is 3.80. The number of aryl methyl sites for hydroxylation is 1. The lowest BCUT2D eigenvalue weighted by atomic mass is 10.0. The molecule has 5 heteroatoms. The van der Waals surface area contributed by atoms with E-state index in [1.165, 1.54) is 0 Å². The number of aromatic carboxylic acids is 1. The van der Waals surface area contributed by atoms with Crippen molar-refractivity contribution in [1.82, 2.24) is 10.2 Å². The second-order valence-corrected chi connectivity index (χ2v) is 5.22. The fourth-order valence-corrected chi connectivity index (χ4v) is 2.35. The van der Waals surface area contributed by atoms with E-state index in [-0.39, 0.29) is 5.69 Å². The van der Waals surface area contributed by atoms with E-state index in [0.29, 0.717) is 12.0 Å². The van der Waals surface area contributed by atoms with Crippen LogP contribution in [0.4, 0.5) is 0 Å². The van der Waals surface area contributed by atoms with Crippen LogP contribution in [0.3, 0.4) is 0 Å². The summed E-state index contributed by atoms with van der Waals surface area (Å²) in [6.07, 6.45) is 0.510. The lowest BCUT2D eigenvalue weighted by molar-refractivity contribution is 0.0689. The van der Waals surface area contributed by atoms with Crippen molar-refractivity contribution in [3.8, 4) is 11.5 Å². The number of H-pyrrole nitrogens is 1. The summed E-state index contributed by atoms with van der Waals surface area (Å²) in [6, 6.07) is 17.1. The van der Waals surface area contributed by atoms with Gasteiger partial charge in [-0.3, -0.25) is 5.10 Å². The highest BCUT2D eigenvalue weighted by Crippen LogP contribution is 2.23. The lowest BCUT2D eigenvalue weighted by Gasteiger charge is -2.07. The molecule has 0 fully saturated rings. The first-order chi connectivity index (χ1) is 11.1. The van der Waals surface area contributed by atoms with Crippen molar-refractivity contribution in [3.05, 3.63) is 77.1 Å². The molecule has 0 atom stereocenters. The van der Waals surface area contributed by atoms with Crippen LogP contribution in [-0.2, 0) is 6.42 Å². The van der Waals surface area contributed by atoms with Gasteiger partial charge < -0.3 is 9.84 Å². The van der Waals surface area contributed by atoms with Gasteiger partial charge in [-0.15, -0.1) is 0 Å². The van der Waals surface area contributed by atoms with Gasteiger partial charge in [0.15, 0.2) is 5.69 Å². The Balaban J connectivity index is 1.76. The number of carbonyl (C=O) groups is 1. The van der Waals surface area contributed by atoms with E-state index in [9.17, 15) is 4.79 Å². The first-order valence-corrected chi connectivity index (χ1v) is 7.22. The molecule has 0 unspecified atom stereocenters. The summed E-state index contributed by atoms with van der Waals surface area (Å²) in [4.78, 5) is 11.2. The molecule has 0 bridgehead atoms. The zero-order valence-corrected chi connectivity index (χ0v) is 12.6. The number of carboxylic acid groups (broad SMARTS) is 1. The van der Waals surface area contributed by atoms with Gasteiger partial charge in [-0.25, -0.2) is 4.79 Å². The van der Waals surface area contributed by atoms with Crippen LogP contribution in [-0.4, -0.2) is 21.3 Å². The van der Waals surface area contributed by atoms with Crippen LogP contribution in [0.15, 0.2) is 54.6 Å². The van der Waals surface area contributed by atoms with Gasteiger partial charge in [0.2, 0.25) is 0 Å². The first kappa shape index (κ1) is 14.8. The molecule has 116 valence electrons. The summed E-state index contributed by atoms with van der Waals surface area (Å²) in [5, 5.41) is 15.7. The molecule has 0 saturated heterocycles. The molecule has 0 radical (unpaired) electrons. The molecule has 3 rings (SSSR count). The monoisotopic (exact) mass is 308 g/mol. The molecule has 23 heavy (non-hydrogen) atoms. The second-order valence-electron chi connectivity index (χ2n) is 5.22. The minimum Gasteiger partial charge on any atom is -0.476 e. The zero-order valence-electron chi connectivity index (χ0n) is 12.6. The number of carboxylic acids is 1. The molecule has 0 aliphatic carbocycles. The fourth-order valence-electron chi connectivity index (χ4n) is 2.35. The van der Waals surface area contributed by atoms with Crippen LogP contribution in [0.1, 0.15) is 27.3 Å². The number of aromatic nitrogens is 2. The largest absolute Gasteiger partial charge is 0.476 e. The van der Waals surface area contributed by atoms with Crippen molar-refractivity contribution in [3.63, 3.8) is 0 Å². The van der Waals surface area contributed by atoms with E-state index >= 15 is 0 Å². The summed E-state index contributed by atoms with van der Waals surface area (Å²) >= 11 is 0. The maximum Gasteiger partial charge on any atom is 0.356 e. The number of para-hydroxylation sites is 1. The van der Waals surface area contributed by atoms with Gasteiger partial charge in [0.25, 0.3) is 0 Å². The third-order valence-electron chi connectivity index (χ3n) is 3.56. The summed E-state index contributed by atoms with van der Waals surface area (Å²) in [6.45, 7) is 1.82. The Hall–Kier alpha value is -3.08. The third kappa shape index (κ3) is 3.40. The fraction of sp³-hybridized carbons (Fsp3) is 0.111. The molecular formula is C18H16N2O3. The van der Waals surface area contributed by atoms with Crippen LogP contribution in [0.25, 0.3) is 0 Å². The maximum atomic E-state index is 11.2. The summed E-state index contributed by atoms with van der Waals surface area (Å²) in [5.74, 6) is 0.495. The van der Waals surface area contributed by atoms with E-state index in [1.807, 2.05) is 61.5 Å². The normalized spacial score (nSPS) is 10.5. The smallest absolute Gasteiger partial charge is 0.356 e. The van der Waals surface area contributed by atoms with E-state index in [0.717, 1.165) is 22.8 Å². The van der Waals surface area contributed by atoms with Gasteiger partial charge in [-0.2, -0.15) is 5.10 Å². The average Bonchev–Trinajstić information content (AvgIpc) is 2.91. The molecule has 3 aromatic rings. The zero-order chi connectivity index (χ0) is 16.2.